The van der Waals surface area contributed by atoms with Crippen molar-refractivity contribution >= 4 is 43.2 Å². The normalized spacial score (nSPS) is 11.1. The molecule has 0 saturated heterocycles. The van der Waals surface area contributed by atoms with E-state index in [9.17, 15) is 0 Å². The summed E-state index contributed by atoms with van der Waals surface area (Å²) >= 11 is 9.03. The predicted molar refractivity (Wildman–Crippen MR) is 143 cm³/mol. The van der Waals surface area contributed by atoms with Crippen molar-refractivity contribution < 1.29 is 9.47 Å². The Kier molecular flexibility index (Phi) is 13.9. The predicted octanol–water partition coefficient (Wildman–Crippen LogP) is 10.4. The molecule has 2 rings (SSSR count). The second-order valence-electron chi connectivity index (χ2n) is 8.12. The fourth-order valence-electron chi connectivity index (χ4n) is 3.55. The van der Waals surface area contributed by atoms with E-state index in [0.29, 0.717) is 0 Å². The van der Waals surface area contributed by atoms with Crippen LogP contribution < -0.4 is 9.47 Å². The minimum absolute atomic E-state index is 0.760. The fourth-order valence-corrected chi connectivity index (χ4v) is 5.39. The van der Waals surface area contributed by atoms with Gasteiger partial charge in [0.05, 0.1) is 21.5 Å². The lowest BCUT2D eigenvalue weighted by atomic mass is 10.1. The van der Waals surface area contributed by atoms with E-state index < -0.39 is 0 Å². The van der Waals surface area contributed by atoms with Crippen LogP contribution in [-0.4, -0.2) is 13.2 Å². The van der Waals surface area contributed by atoms with E-state index in [2.05, 4.69) is 70.0 Å². The zero-order chi connectivity index (χ0) is 22.3. The van der Waals surface area contributed by atoms with Crippen LogP contribution in [0.1, 0.15) is 90.9 Å². The van der Waals surface area contributed by atoms with E-state index in [1.54, 1.807) is 11.3 Å². The summed E-state index contributed by atoms with van der Waals surface area (Å²) in [4.78, 5) is 1.20. The van der Waals surface area contributed by atoms with Crippen molar-refractivity contribution in [1.82, 2.24) is 0 Å². The molecule has 0 bridgehead atoms. The highest BCUT2D eigenvalue weighted by Crippen LogP contribution is 2.42. The van der Waals surface area contributed by atoms with Gasteiger partial charge in [-0.3, -0.25) is 0 Å². The molecule has 174 valence electrons. The smallest absolute Gasteiger partial charge is 0.134 e. The molecule has 1 aromatic heterocycles. The maximum atomic E-state index is 6.23. The number of unbranched alkanes of at least 4 members (excludes halogenated alkanes) is 10. The van der Waals surface area contributed by atoms with Gasteiger partial charge in [-0.15, -0.1) is 11.3 Å². The van der Waals surface area contributed by atoms with Crippen LogP contribution in [0.4, 0.5) is 0 Å². The molecule has 0 spiro atoms. The minimum Gasteiger partial charge on any atom is -0.493 e. The first kappa shape index (κ1) is 26.7. The summed E-state index contributed by atoms with van der Waals surface area (Å²) in [7, 11) is 0. The first-order chi connectivity index (χ1) is 15.2. The largest absolute Gasteiger partial charge is 0.493 e. The highest BCUT2D eigenvalue weighted by Gasteiger charge is 2.14. The molecular formula is C26H38Br2O2S. The summed E-state index contributed by atoms with van der Waals surface area (Å²) in [6.07, 6.45) is 15.2. The van der Waals surface area contributed by atoms with Crippen LogP contribution in [0.5, 0.6) is 11.5 Å². The summed E-state index contributed by atoms with van der Waals surface area (Å²) in [5.41, 5.74) is 1.11. The number of hydrogen-bond donors (Lipinski definition) is 0. The molecule has 2 aromatic rings. The van der Waals surface area contributed by atoms with Crippen molar-refractivity contribution in [1.29, 1.82) is 0 Å². The molecule has 1 heterocycles. The van der Waals surface area contributed by atoms with Crippen LogP contribution in [0.3, 0.4) is 0 Å². The Morgan fingerprint density at radius 1 is 0.677 bits per heavy atom. The standard InChI is InChI=1S/C26H38Br2O2S/c1-3-5-7-9-11-13-17-29-23-20-22(27)24(30-18-14-12-10-8-6-4-2)19-21(23)25-15-16-26(28)31-25/h15-16,19-20H,3-14,17-18H2,1-2H3. The summed E-state index contributed by atoms with van der Waals surface area (Å²) < 4.78 is 14.5. The minimum atomic E-state index is 0.760. The number of halogens is 2. The number of rotatable bonds is 17. The number of hydrogen-bond acceptors (Lipinski definition) is 3. The molecule has 2 nitrogen and oxygen atoms in total. The Bertz CT molecular complexity index is 745. The van der Waals surface area contributed by atoms with Gasteiger partial charge in [-0.05, 0) is 69.0 Å². The van der Waals surface area contributed by atoms with Gasteiger partial charge in [0.2, 0.25) is 0 Å². The Balaban J connectivity index is 1.95. The van der Waals surface area contributed by atoms with Crippen molar-refractivity contribution in [3.8, 4) is 21.9 Å². The first-order valence-corrected chi connectivity index (χ1v) is 14.4. The highest BCUT2D eigenvalue weighted by molar-refractivity contribution is 9.11. The Morgan fingerprint density at radius 2 is 1.23 bits per heavy atom. The molecule has 0 N–H and O–H groups in total. The maximum absolute atomic E-state index is 6.23. The molecule has 0 aliphatic carbocycles. The molecular weight excluding hydrogens is 536 g/mol. The Hall–Kier alpha value is -0.520. The summed E-state index contributed by atoms with van der Waals surface area (Å²) in [5.74, 6) is 1.83. The van der Waals surface area contributed by atoms with E-state index in [1.165, 1.54) is 69.1 Å². The third kappa shape index (κ3) is 10.3. The average molecular weight is 574 g/mol. The van der Waals surface area contributed by atoms with Crippen molar-refractivity contribution in [3.63, 3.8) is 0 Å². The van der Waals surface area contributed by atoms with Crippen LogP contribution in [0.15, 0.2) is 32.5 Å². The summed E-state index contributed by atoms with van der Waals surface area (Å²) in [6, 6.07) is 8.45. The lowest BCUT2D eigenvalue weighted by molar-refractivity contribution is 0.295. The lowest BCUT2D eigenvalue weighted by Crippen LogP contribution is -2.01. The molecule has 0 radical (unpaired) electrons. The number of ether oxygens (including phenoxy) is 2. The third-order valence-corrected chi connectivity index (χ3v) is 7.66. The van der Waals surface area contributed by atoms with Gasteiger partial charge in [0.25, 0.3) is 0 Å². The summed E-state index contributed by atoms with van der Waals surface area (Å²) in [6.45, 7) is 6.03. The highest BCUT2D eigenvalue weighted by atomic mass is 79.9. The molecule has 31 heavy (non-hydrogen) atoms. The van der Waals surface area contributed by atoms with Crippen LogP contribution in [0, 0.1) is 0 Å². The van der Waals surface area contributed by atoms with Gasteiger partial charge < -0.3 is 9.47 Å². The van der Waals surface area contributed by atoms with Crippen molar-refractivity contribution in [3.05, 3.63) is 32.5 Å². The van der Waals surface area contributed by atoms with Gasteiger partial charge in [-0.25, -0.2) is 0 Å². The van der Waals surface area contributed by atoms with Crippen molar-refractivity contribution in [2.75, 3.05) is 13.2 Å². The van der Waals surface area contributed by atoms with E-state index in [0.717, 1.165) is 51.4 Å². The van der Waals surface area contributed by atoms with Crippen LogP contribution in [-0.2, 0) is 0 Å². The van der Waals surface area contributed by atoms with Gasteiger partial charge in [0, 0.05) is 10.4 Å². The Labute approximate surface area is 210 Å². The molecule has 0 aliphatic heterocycles. The summed E-state index contributed by atoms with van der Waals surface area (Å²) in [5, 5.41) is 0. The maximum Gasteiger partial charge on any atom is 0.134 e. The number of benzene rings is 1. The van der Waals surface area contributed by atoms with Gasteiger partial charge in [0.1, 0.15) is 11.5 Å². The SMILES string of the molecule is CCCCCCCCOc1cc(-c2ccc(Br)s2)c(OCCCCCCCC)cc1Br. The van der Waals surface area contributed by atoms with E-state index in [4.69, 9.17) is 9.47 Å². The van der Waals surface area contributed by atoms with Crippen LogP contribution in [0.2, 0.25) is 0 Å². The van der Waals surface area contributed by atoms with Gasteiger partial charge >= 0.3 is 0 Å². The molecule has 0 fully saturated rings. The molecule has 0 amide bonds. The van der Waals surface area contributed by atoms with E-state index in [-0.39, 0.29) is 0 Å². The van der Waals surface area contributed by atoms with Crippen molar-refractivity contribution in [2.24, 2.45) is 0 Å². The second-order valence-corrected chi connectivity index (χ2v) is 11.4. The molecule has 0 unspecified atom stereocenters. The molecule has 0 aliphatic rings. The van der Waals surface area contributed by atoms with Gasteiger partial charge in [-0.1, -0.05) is 78.1 Å². The zero-order valence-corrected chi connectivity index (χ0v) is 23.2. The molecule has 1 aromatic carbocycles. The van der Waals surface area contributed by atoms with E-state index >= 15 is 0 Å². The first-order valence-electron chi connectivity index (χ1n) is 12.0. The Morgan fingerprint density at radius 3 is 1.77 bits per heavy atom. The van der Waals surface area contributed by atoms with Crippen LogP contribution in [0.25, 0.3) is 10.4 Å². The monoisotopic (exact) mass is 572 g/mol. The molecule has 0 saturated carbocycles. The quantitative estimate of drug-likeness (QED) is 0.175. The topological polar surface area (TPSA) is 18.5 Å². The third-order valence-electron chi connectivity index (χ3n) is 5.38. The molecule has 0 atom stereocenters. The fraction of sp³-hybridized carbons (Fsp3) is 0.615. The average Bonchev–Trinajstić information content (AvgIpc) is 3.19. The zero-order valence-electron chi connectivity index (χ0n) is 19.2. The second kappa shape index (κ2) is 16.1. The number of thiophene rings is 1. The van der Waals surface area contributed by atoms with E-state index in [1.807, 2.05) is 0 Å². The van der Waals surface area contributed by atoms with Gasteiger partial charge in [-0.2, -0.15) is 0 Å². The van der Waals surface area contributed by atoms with Crippen molar-refractivity contribution in [2.45, 2.75) is 90.9 Å². The lowest BCUT2D eigenvalue weighted by Gasteiger charge is -2.15. The molecule has 5 heteroatoms. The van der Waals surface area contributed by atoms with Crippen LogP contribution >= 0.6 is 43.2 Å². The van der Waals surface area contributed by atoms with Gasteiger partial charge in [0.15, 0.2) is 0 Å².